The number of nitro groups is 1. The van der Waals surface area contributed by atoms with E-state index < -0.39 is 16.6 Å². The summed E-state index contributed by atoms with van der Waals surface area (Å²) in [6.07, 6.45) is 0. The standard InChI is InChI=1S/C15H10ClFN6O3/c16-10-3-6-12(13(7-10)23(25)26)18-14(24)8-22-20-15(19-21-22)9-1-4-11(17)5-2-9/h1-7H,8H2,(H,18,24). The minimum absolute atomic E-state index is 0.00303. The first kappa shape index (κ1) is 17.4. The quantitative estimate of drug-likeness (QED) is 0.540. The largest absolute Gasteiger partial charge is 0.319 e. The Morgan fingerprint density at radius 2 is 2.00 bits per heavy atom. The van der Waals surface area contributed by atoms with Crippen LogP contribution in [0.4, 0.5) is 15.8 Å². The molecule has 0 saturated carbocycles. The van der Waals surface area contributed by atoms with Gasteiger partial charge in [-0.1, -0.05) is 11.6 Å². The molecule has 9 nitrogen and oxygen atoms in total. The number of carbonyl (C=O) groups is 1. The molecule has 1 heterocycles. The van der Waals surface area contributed by atoms with Crippen molar-refractivity contribution >= 4 is 28.9 Å². The van der Waals surface area contributed by atoms with Crippen molar-refractivity contribution in [1.29, 1.82) is 0 Å². The zero-order chi connectivity index (χ0) is 18.7. The SMILES string of the molecule is O=C(Cn1nnc(-c2ccc(F)cc2)n1)Nc1ccc(Cl)cc1[N+](=O)[O-]. The van der Waals surface area contributed by atoms with Crippen molar-refractivity contribution in [1.82, 2.24) is 20.2 Å². The summed E-state index contributed by atoms with van der Waals surface area (Å²) in [5.74, 6) is -0.765. The maximum absolute atomic E-state index is 12.9. The number of hydrogen-bond donors (Lipinski definition) is 1. The summed E-state index contributed by atoms with van der Waals surface area (Å²) in [4.78, 5) is 23.5. The minimum Gasteiger partial charge on any atom is -0.319 e. The molecule has 132 valence electrons. The number of carbonyl (C=O) groups excluding carboxylic acids is 1. The van der Waals surface area contributed by atoms with Crippen LogP contribution in [-0.2, 0) is 11.3 Å². The second-order valence-electron chi connectivity index (χ2n) is 5.12. The zero-order valence-corrected chi connectivity index (χ0v) is 13.7. The summed E-state index contributed by atoms with van der Waals surface area (Å²) in [5, 5.41) is 25.2. The molecular formula is C15H10ClFN6O3. The number of benzene rings is 2. The molecule has 1 amide bonds. The van der Waals surface area contributed by atoms with Gasteiger partial charge in [0, 0.05) is 16.7 Å². The van der Waals surface area contributed by atoms with E-state index in [1.54, 1.807) is 0 Å². The van der Waals surface area contributed by atoms with Gasteiger partial charge in [-0.05, 0) is 41.6 Å². The first-order valence-corrected chi connectivity index (χ1v) is 7.58. The van der Waals surface area contributed by atoms with Crippen LogP contribution in [0.3, 0.4) is 0 Å². The molecule has 0 fully saturated rings. The first-order chi connectivity index (χ1) is 12.4. The Labute approximate surface area is 150 Å². The van der Waals surface area contributed by atoms with E-state index in [9.17, 15) is 19.3 Å². The lowest BCUT2D eigenvalue weighted by atomic mass is 10.2. The fourth-order valence-corrected chi connectivity index (χ4v) is 2.27. The number of nitrogens with zero attached hydrogens (tertiary/aromatic N) is 5. The highest BCUT2D eigenvalue weighted by molar-refractivity contribution is 6.31. The predicted octanol–water partition coefficient (Wildman–Crippen LogP) is 2.68. The van der Waals surface area contributed by atoms with Crippen LogP contribution in [0, 0.1) is 15.9 Å². The second-order valence-corrected chi connectivity index (χ2v) is 5.55. The molecule has 1 N–H and O–H groups in total. The molecule has 0 spiro atoms. The average Bonchev–Trinajstić information content (AvgIpc) is 3.05. The van der Waals surface area contributed by atoms with Gasteiger partial charge in [-0.3, -0.25) is 14.9 Å². The fourth-order valence-electron chi connectivity index (χ4n) is 2.10. The number of nitrogens with one attached hydrogen (secondary N) is 1. The van der Waals surface area contributed by atoms with Crippen LogP contribution in [0.2, 0.25) is 5.02 Å². The van der Waals surface area contributed by atoms with Crippen LogP contribution in [0.25, 0.3) is 11.4 Å². The Kier molecular flexibility index (Phi) is 4.85. The fraction of sp³-hybridized carbons (Fsp3) is 0.0667. The van der Waals surface area contributed by atoms with Gasteiger partial charge in [-0.15, -0.1) is 10.2 Å². The number of tetrazole rings is 1. The zero-order valence-electron chi connectivity index (χ0n) is 13.0. The van der Waals surface area contributed by atoms with Crippen molar-refractivity contribution in [3.05, 3.63) is 63.4 Å². The predicted molar refractivity (Wildman–Crippen MR) is 89.9 cm³/mol. The monoisotopic (exact) mass is 376 g/mol. The van der Waals surface area contributed by atoms with Crippen LogP contribution >= 0.6 is 11.6 Å². The van der Waals surface area contributed by atoms with E-state index in [1.165, 1.54) is 36.4 Å². The van der Waals surface area contributed by atoms with Crippen LogP contribution in [0.15, 0.2) is 42.5 Å². The Morgan fingerprint density at radius 1 is 1.27 bits per heavy atom. The van der Waals surface area contributed by atoms with Crippen LogP contribution < -0.4 is 5.32 Å². The maximum Gasteiger partial charge on any atom is 0.294 e. The van der Waals surface area contributed by atoms with Crippen molar-refractivity contribution in [3.63, 3.8) is 0 Å². The van der Waals surface area contributed by atoms with E-state index in [1.807, 2.05) is 0 Å². The molecule has 2 aromatic carbocycles. The van der Waals surface area contributed by atoms with Gasteiger partial charge in [0.25, 0.3) is 5.69 Å². The van der Waals surface area contributed by atoms with Crippen molar-refractivity contribution in [3.8, 4) is 11.4 Å². The van der Waals surface area contributed by atoms with E-state index in [4.69, 9.17) is 11.6 Å². The molecule has 0 unspecified atom stereocenters. The molecule has 26 heavy (non-hydrogen) atoms. The number of rotatable bonds is 5. The van der Waals surface area contributed by atoms with Crippen LogP contribution in [-0.4, -0.2) is 31.0 Å². The lowest BCUT2D eigenvalue weighted by Gasteiger charge is -2.05. The summed E-state index contributed by atoms with van der Waals surface area (Å²) in [5.41, 5.74) is 0.207. The molecule has 0 aliphatic heterocycles. The Balaban J connectivity index is 1.71. The summed E-state index contributed by atoms with van der Waals surface area (Å²) in [6, 6.07) is 9.35. The maximum atomic E-state index is 12.9. The third-order valence-electron chi connectivity index (χ3n) is 3.27. The third kappa shape index (κ3) is 3.98. The van der Waals surface area contributed by atoms with Gasteiger partial charge in [0.15, 0.2) is 0 Å². The summed E-state index contributed by atoms with van der Waals surface area (Å²) in [7, 11) is 0. The van der Waals surface area contributed by atoms with Crippen molar-refractivity contribution < 1.29 is 14.1 Å². The topological polar surface area (TPSA) is 116 Å². The number of aromatic nitrogens is 4. The van der Waals surface area contributed by atoms with E-state index >= 15 is 0 Å². The van der Waals surface area contributed by atoms with Gasteiger partial charge in [0.1, 0.15) is 18.0 Å². The molecule has 0 aliphatic rings. The Morgan fingerprint density at radius 3 is 2.69 bits per heavy atom. The molecule has 3 rings (SSSR count). The molecule has 11 heteroatoms. The number of hydrogen-bond acceptors (Lipinski definition) is 6. The lowest BCUT2D eigenvalue weighted by Crippen LogP contribution is -2.21. The van der Waals surface area contributed by atoms with Gasteiger partial charge in [0.2, 0.25) is 11.7 Å². The smallest absolute Gasteiger partial charge is 0.294 e. The number of nitro benzene ring substituents is 1. The molecule has 0 atom stereocenters. The molecular weight excluding hydrogens is 367 g/mol. The number of halogens is 2. The second kappa shape index (κ2) is 7.23. The number of anilines is 1. The summed E-state index contributed by atoms with van der Waals surface area (Å²) < 4.78 is 12.9. The van der Waals surface area contributed by atoms with Crippen molar-refractivity contribution in [2.24, 2.45) is 0 Å². The lowest BCUT2D eigenvalue weighted by molar-refractivity contribution is -0.383. The molecule has 0 saturated heterocycles. The van der Waals surface area contributed by atoms with Crippen molar-refractivity contribution in [2.75, 3.05) is 5.32 Å². The highest BCUT2D eigenvalue weighted by Gasteiger charge is 2.17. The highest BCUT2D eigenvalue weighted by Crippen LogP contribution is 2.27. The first-order valence-electron chi connectivity index (χ1n) is 7.20. The van der Waals surface area contributed by atoms with E-state index in [2.05, 4.69) is 20.7 Å². The van der Waals surface area contributed by atoms with Gasteiger partial charge < -0.3 is 5.32 Å². The van der Waals surface area contributed by atoms with Gasteiger partial charge in [-0.2, -0.15) is 4.80 Å². The molecule has 0 radical (unpaired) electrons. The van der Waals surface area contributed by atoms with Crippen molar-refractivity contribution in [2.45, 2.75) is 6.54 Å². The van der Waals surface area contributed by atoms with Gasteiger partial charge in [-0.25, -0.2) is 4.39 Å². The minimum atomic E-state index is -0.651. The average molecular weight is 377 g/mol. The summed E-state index contributed by atoms with van der Waals surface area (Å²) >= 11 is 5.72. The molecule has 1 aromatic heterocycles. The highest BCUT2D eigenvalue weighted by atomic mass is 35.5. The van der Waals surface area contributed by atoms with Crippen LogP contribution in [0.1, 0.15) is 0 Å². The van der Waals surface area contributed by atoms with E-state index in [0.29, 0.717) is 5.56 Å². The molecule has 0 aliphatic carbocycles. The molecule has 3 aromatic rings. The Hall–Kier alpha value is -3.40. The number of amides is 1. The van der Waals surface area contributed by atoms with Crippen LogP contribution in [0.5, 0.6) is 0 Å². The van der Waals surface area contributed by atoms with E-state index in [-0.39, 0.29) is 28.8 Å². The Bertz CT molecular complexity index is 976. The third-order valence-corrected chi connectivity index (χ3v) is 3.51. The van der Waals surface area contributed by atoms with E-state index in [0.717, 1.165) is 10.9 Å². The normalized spacial score (nSPS) is 10.5. The van der Waals surface area contributed by atoms with Gasteiger partial charge in [0.05, 0.1) is 4.92 Å². The van der Waals surface area contributed by atoms with Gasteiger partial charge >= 0.3 is 0 Å². The summed E-state index contributed by atoms with van der Waals surface area (Å²) in [6.45, 7) is -0.312. The molecule has 0 bridgehead atoms.